The number of hydrogen-bond donors (Lipinski definition) is 1. The molecule has 1 atom stereocenters. The maximum atomic E-state index is 14.1. The van der Waals surface area contributed by atoms with Gasteiger partial charge in [-0.15, -0.1) is 0 Å². The number of nitrogens with zero attached hydrogens (tertiary/aromatic N) is 2. The first-order valence-electron chi connectivity index (χ1n) is 8.03. The molecule has 0 aliphatic carbocycles. The number of fused-ring (bicyclic) bond motifs is 1. The van der Waals surface area contributed by atoms with Gasteiger partial charge >= 0.3 is 0 Å². The van der Waals surface area contributed by atoms with Crippen molar-refractivity contribution < 1.29 is 13.9 Å². The smallest absolute Gasteiger partial charge is 0.230 e. The Morgan fingerprint density at radius 2 is 2.24 bits per heavy atom. The Morgan fingerprint density at radius 3 is 3.00 bits per heavy atom. The van der Waals surface area contributed by atoms with Gasteiger partial charge in [-0.25, -0.2) is 9.37 Å². The van der Waals surface area contributed by atoms with E-state index in [0.717, 1.165) is 17.0 Å². The molecule has 132 valence electrons. The van der Waals surface area contributed by atoms with Gasteiger partial charge in [-0.05, 0) is 32.2 Å². The van der Waals surface area contributed by atoms with E-state index in [2.05, 4.69) is 15.3 Å². The lowest BCUT2D eigenvalue weighted by Gasteiger charge is -2.14. The Bertz CT molecular complexity index is 813. The molecule has 0 radical (unpaired) electrons. The van der Waals surface area contributed by atoms with Gasteiger partial charge in [0.1, 0.15) is 17.7 Å². The van der Waals surface area contributed by atoms with E-state index in [0.29, 0.717) is 35.7 Å². The molecule has 1 amide bonds. The number of hydrogen-bond acceptors (Lipinski definition) is 5. The van der Waals surface area contributed by atoms with Gasteiger partial charge in [0, 0.05) is 23.7 Å². The molecular formula is C18H20FN3O2S. The summed E-state index contributed by atoms with van der Waals surface area (Å²) >= 11 is 1.47. The van der Waals surface area contributed by atoms with Crippen molar-refractivity contribution in [3.63, 3.8) is 0 Å². The highest BCUT2D eigenvalue weighted by Gasteiger charge is 2.28. The molecule has 1 N–H and O–H groups in total. The molecule has 1 aromatic carbocycles. The Hall–Kier alpha value is -2.15. The molecule has 2 aromatic rings. The minimum Gasteiger partial charge on any atom is -0.487 e. The fourth-order valence-electron chi connectivity index (χ4n) is 2.89. The third-order valence-electron chi connectivity index (χ3n) is 4.00. The third kappa shape index (κ3) is 3.92. The highest BCUT2D eigenvalue weighted by Crippen LogP contribution is 2.39. The van der Waals surface area contributed by atoms with Gasteiger partial charge in [0.05, 0.1) is 29.4 Å². The van der Waals surface area contributed by atoms with E-state index < -0.39 is 0 Å². The first-order chi connectivity index (χ1) is 12.0. The van der Waals surface area contributed by atoms with E-state index in [9.17, 15) is 9.18 Å². The Labute approximate surface area is 150 Å². The SMILES string of the molecule is CSCC(=O)NCC1Cc2cc(F)cc(-c3nc(C)cnc3C)c2O1. The van der Waals surface area contributed by atoms with E-state index >= 15 is 0 Å². The molecule has 3 rings (SSSR count). The van der Waals surface area contributed by atoms with Crippen LogP contribution in [-0.2, 0) is 11.2 Å². The largest absolute Gasteiger partial charge is 0.487 e. The standard InChI is InChI=1S/C18H20FN3O2S/c1-10-7-20-11(2)17(22-10)15-6-13(19)4-12-5-14(24-18(12)15)8-21-16(23)9-25-3/h4,6-7,14H,5,8-9H2,1-3H3,(H,21,23). The molecule has 0 saturated carbocycles. The number of aryl methyl sites for hydroxylation is 2. The molecule has 1 aliphatic heterocycles. The lowest BCUT2D eigenvalue weighted by Crippen LogP contribution is -2.35. The fourth-order valence-corrected chi connectivity index (χ4v) is 3.25. The van der Waals surface area contributed by atoms with E-state index in [-0.39, 0.29) is 17.8 Å². The van der Waals surface area contributed by atoms with Crippen LogP contribution in [0.3, 0.4) is 0 Å². The molecule has 25 heavy (non-hydrogen) atoms. The zero-order valence-electron chi connectivity index (χ0n) is 14.4. The lowest BCUT2D eigenvalue weighted by atomic mass is 10.0. The summed E-state index contributed by atoms with van der Waals surface area (Å²) in [4.78, 5) is 20.4. The molecule has 0 spiro atoms. The van der Waals surface area contributed by atoms with Gasteiger partial charge in [0.2, 0.25) is 5.91 Å². The summed E-state index contributed by atoms with van der Waals surface area (Å²) in [5.74, 6) is 0.692. The van der Waals surface area contributed by atoms with Gasteiger partial charge < -0.3 is 10.1 Å². The summed E-state index contributed by atoms with van der Waals surface area (Å²) in [5.41, 5.74) is 3.52. The summed E-state index contributed by atoms with van der Waals surface area (Å²) in [7, 11) is 0. The average molecular weight is 361 g/mol. The highest BCUT2D eigenvalue weighted by atomic mass is 32.2. The number of carbonyl (C=O) groups is 1. The van der Waals surface area contributed by atoms with Crippen LogP contribution in [0.1, 0.15) is 17.0 Å². The van der Waals surface area contributed by atoms with Gasteiger partial charge in [0.25, 0.3) is 0 Å². The predicted octanol–water partition coefficient (Wildman–Crippen LogP) is 2.68. The minimum absolute atomic E-state index is 0.0288. The Morgan fingerprint density at radius 1 is 1.44 bits per heavy atom. The number of aromatic nitrogens is 2. The second kappa shape index (κ2) is 7.39. The quantitative estimate of drug-likeness (QED) is 0.887. The number of ether oxygens (including phenoxy) is 1. The summed E-state index contributed by atoms with van der Waals surface area (Å²) < 4.78 is 20.1. The van der Waals surface area contributed by atoms with Crippen molar-refractivity contribution in [2.75, 3.05) is 18.6 Å². The molecule has 1 aromatic heterocycles. The highest BCUT2D eigenvalue weighted by molar-refractivity contribution is 7.99. The lowest BCUT2D eigenvalue weighted by molar-refractivity contribution is -0.118. The van der Waals surface area contributed by atoms with Crippen molar-refractivity contribution >= 4 is 17.7 Å². The van der Waals surface area contributed by atoms with Crippen LogP contribution >= 0.6 is 11.8 Å². The van der Waals surface area contributed by atoms with Crippen LogP contribution in [0.4, 0.5) is 4.39 Å². The maximum Gasteiger partial charge on any atom is 0.230 e. The van der Waals surface area contributed by atoms with Crippen LogP contribution in [-0.4, -0.2) is 40.5 Å². The van der Waals surface area contributed by atoms with E-state index in [1.807, 2.05) is 20.1 Å². The molecule has 0 bridgehead atoms. The van der Waals surface area contributed by atoms with Crippen LogP contribution < -0.4 is 10.1 Å². The van der Waals surface area contributed by atoms with Crippen molar-refractivity contribution in [1.82, 2.24) is 15.3 Å². The first kappa shape index (κ1) is 17.7. The van der Waals surface area contributed by atoms with Crippen molar-refractivity contribution in [2.24, 2.45) is 0 Å². The van der Waals surface area contributed by atoms with Crippen molar-refractivity contribution in [2.45, 2.75) is 26.4 Å². The average Bonchev–Trinajstić information content (AvgIpc) is 2.97. The van der Waals surface area contributed by atoms with Gasteiger partial charge in [-0.1, -0.05) is 0 Å². The van der Waals surface area contributed by atoms with Crippen molar-refractivity contribution in [1.29, 1.82) is 0 Å². The zero-order chi connectivity index (χ0) is 18.0. The van der Waals surface area contributed by atoms with Gasteiger partial charge in [-0.3, -0.25) is 9.78 Å². The molecule has 1 aliphatic rings. The molecule has 5 nitrogen and oxygen atoms in total. The Kier molecular flexibility index (Phi) is 5.22. The monoisotopic (exact) mass is 361 g/mol. The van der Waals surface area contributed by atoms with Gasteiger partial charge in [0.15, 0.2) is 0 Å². The normalized spacial score (nSPS) is 15.6. The summed E-state index contributed by atoms with van der Waals surface area (Å²) in [5, 5.41) is 2.85. The molecule has 2 heterocycles. The van der Waals surface area contributed by atoms with Crippen LogP contribution in [0.15, 0.2) is 18.3 Å². The number of thioether (sulfide) groups is 1. The van der Waals surface area contributed by atoms with E-state index in [4.69, 9.17) is 4.74 Å². The van der Waals surface area contributed by atoms with Crippen LogP contribution in [0.2, 0.25) is 0 Å². The molecule has 0 saturated heterocycles. The van der Waals surface area contributed by atoms with Crippen LogP contribution in [0, 0.1) is 19.7 Å². The number of carbonyl (C=O) groups excluding carboxylic acids is 1. The number of benzene rings is 1. The number of rotatable bonds is 5. The van der Waals surface area contributed by atoms with Crippen LogP contribution in [0.25, 0.3) is 11.3 Å². The molecule has 7 heteroatoms. The second-order valence-electron chi connectivity index (χ2n) is 6.07. The molecular weight excluding hydrogens is 341 g/mol. The Balaban J connectivity index is 1.86. The maximum absolute atomic E-state index is 14.1. The topological polar surface area (TPSA) is 64.1 Å². The van der Waals surface area contributed by atoms with E-state index in [1.54, 1.807) is 6.20 Å². The fraction of sp³-hybridized carbons (Fsp3) is 0.389. The van der Waals surface area contributed by atoms with Crippen LogP contribution in [0.5, 0.6) is 5.75 Å². The number of amides is 1. The molecule has 0 fully saturated rings. The third-order valence-corrected chi connectivity index (χ3v) is 4.55. The second-order valence-corrected chi connectivity index (χ2v) is 6.93. The predicted molar refractivity (Wildman–Crippen MR) is 96.4 cm³/mol. The summed E-state index contributed by atoms with van der Waals surface area (Å²) in [6.45, 7) is 4.09. The summed E-state index contributed by atoms with van der Waals surface area (Å²) in [6.07, 6.45) is 3.91. The summed E-state index contributed by atoms with van der Waals surface area (Å²) in [6, 6.07) is 2.92. The first-order valence-corrected chi connectivity index (χ1v) is 9.42. The van der Waals surface area contributed by atoms with Crippen molar-refractivity contribution in [3.8, 4) is 17.0 Å². The van der Waals surface area contributed by atoms with Gasteiger partial charge in [-0.2, -0.15) is 11.8 Å². The number of halogens is 1. The number of nitrogens with one attached hydrogen (secondary N) is 1. The van der Waals surface area contributed by atoms with E-state index in [1.165, 1.54) is 23.9 Å². The minimum atomic E-state index is -0.327. The zero-order valence-corrected chi connectivity index (χ0v) is 15.2. The molecule has 1 unspecified atom stereocenters. The van der Waals surface area contributed by atoms with Crippen molar-refractivity contribution in [3.05, 3.63) is 41.1 Å².